The van der Waals surface area contributed by atoms with Crippen molar-refractivity contribution in [3.63, 3.8) is 0 Å². The maximum Gasteiger partial charge on any atom is 0.164 e. The van der Waals surface area contributed by atoms with E-state index in [1.54, 1.807) is 0 Å². The van der Waals surface area contributed by atoms with Crippen LogP contribution in [0.1, 0.15) is 48.3 Å². The first-order valence-electron chi connectivity index (χ1n) is 8.23. The summed E-state index contributed by atoms with van der Waals surface area (Å²) < 4.78 is 11.8. The fraction of sp³-hybridized carbons (Fsp3) is 0.647. The summed E-state index contributed by atoms with van der Waals surface area (Å²) in [5, 5.41) is 14.0. The van der Waals surface area contributed by atoms with Crippen LogP contribution < -0.4 is 14.8 Å². The molecule has 3 heterocycles. The summed E-state index contributed by atoms with van der Waals surface area (Å²) in [6.45, 7) is 3.61. The molecule has 4 rings (SSSR count). The monoisotopic (exact) mass is 289 g/mol. The highest BCUT2D eigenvalue weighted by Gasteiger charge is 2.33. The summed E-state index contributed by atoms with van der Waals surface area (Å²) >= 11 is 0. The molecule has 3 aliphatic heterocycles. The van der Waals surface area contributed by atoms with Gasteiger partial charge >= 0.3 is 0 Å². The third-order valence-electron chi connectivity index (χ3n) is 5.00. The molecule has 1 saturated heterocycles. The minimum atomic E-state index is 0.345. The van der Waals surface area contributed by atoms with Crippen molar-refractivity contribution in [1.29, 1.82) is 0 Å². The minimum absolute atomic E-state index is 0.345. The second-order valence-corrected chi connectivity index (χ2v) is 6.31. The average Bonchev–Trinajstić information content (AvgIpc) is 2.56. The summed E-state index contributed by atoms with van der Waals surface area (Å²) in [7, 11) is 0. The molecule has 0 radical (unpaired) electrons. The Morgan fingerprint density at radius 1 is 0.905 bits per heavy atom. The lowest BCUT2D eigenvalue weighted by Crippen LogP contribution is -2.28. The number of phenolic OH excluding ortho intramolecular Hbond substituents is 1. The lowest BCUT2D eigenvalue weighted by molar-refractivity contribution is 0.250. The van der Waals surface area contributed by atoms with E-state index in [1.165, 1.54) is 11.1 Å². The molecule has 1 aromatic carbocycles. The van der Waals surface area contributed by atoms with Gasteiger partial charge in [0.25, 0.3) is 0 Å². The SMILES string of the molecule is Oc1c2c(c(C3CCNCC3)c3c1OCCC3)OCCC2. The van der Waals surface area contributed by atoms with Gasteiger partial charge in [-0.3, -0.25) is 0 Å². The van der Waals surface area contributed by atoms with E-state index >= 15 is 0 Å². The van der Waals surface area contributed by atoms with Crippen LogP contribution in [0.15, 0.2) is 0 Å². The molecule has 0 aromatic heterocycles. The fourth-order valence-electron chi connectivity index (χ4n) is 4.00. The Bertz CT molecular complexity index is 512. The van der Waals surface area contributed by atoms with Crippen LogP contribution in [0.5, 0.6) is 17.2 Å². The van der Waals surface area contributed by atoms with Gasteiger partial charge in [0.15, 0.2) is 11.5 Å². The fourth-order valence-corrected chi connectivity index (χ4v) is 4.00. The Hall–Kier alpha value is -1.42. The van der Waals surface area contributed by atoms with Crippen molar-refractivity contribution >= 4 is 0 Å². The maximum atomic E-state index is 10.6. The minimum Gasteiger partial charge on any atom is -0.504 e. The Kier molecular flexibility index (Phi) is 3.42. The van der Waals surface area contributed by atoms with E-state index in [1.807, 2.05) is 0 Å². The van der Waals surface area contributed by atoms with E-state index in [2.05, 4.69) is 5.32 Å². The molecule has 114 valence electrons. The maximum absolute atomic E-state index is 10.6. The molecule has 4 heteroatoms. The van der Waals surface area contributed by atoms with E-state index in [0.29, 0.717) is 18.3 Å². The summed E-state index contributed by atoms with van der Waals surface area (Å²) in [6.07, 6.45) is 6.20. The number of fused-ring (bicyclic) bond motifs is 2. The lowest BCUT2D eigenvalue weighted by atomic mass is 9.81. The number of hydrogen-bond donors (Lipinski definition) is 2. The quantitative estimate of drug-likeness (QED) is 0.834. The van der Waals surface area contributed by atoms with Gasteiger partial charge in [-0.1, -0.05) is 0 Å². The number of hydrogen-bond acceptors (Lipinski definition) is 4. The molecule has 0 atom stereocenters. The lowest BCUT2D eigenvalue weighted by Gasteiger charge is -2.33. The number of phenols is 1. The highest BCUT2D eigenvalue weighted by Crippen LogP contribution is 2.51. The van der Waals surface area contributed by atoms with E-state index in [9.17, 15) is 5.11 Å². The predicted molar refractivity (Wildman–Crippen MR) is 80.6 cm³/mol. The normalized spacial score (nSPS) is 21.9. The zero-order valence-corrected chi connectivity index (χ0v) is 12.4. The van der Waals surface area contributed by atoms with Crippen molar-refractivity contribution in [1.82, 2.24) is 5.32 Å². The molecule has 2 N–H and O–H groups in total. The Morgan fingerprint density at radius 3 is 2.33 bits per heavy atom. The number of rotatable bonds is 1. The van der Waals surface area contributed by atoms with Crippen molar-refractivity contribution in [2.24, 2.45) is 0 Å². The van der Waals surface area contributed by atoms with Gasteiger partial charge in [0.2, 0.25) is 0 Å². The van der Waals surface area contributed by atoms with E-state index in [4.69, 9.17) is 9.47 Å². The molecule has 0 bridgehead atoms. The molecular weight excluding hydrogens is 266 g/mol. The molecule has 4 nitrogen and oxygen atoms in total. The van der Waals surface area contributed by atoms with Crippen molar-refractivity contribution in [3.8, 4) is 17.2 Å². The van der Waals surface area contributed by atoms with Crippen molar-refractivity contribution in [2.75, 3.05) is 26.3 Å². The first kappa shape index (κ1) is 13.3. The van der Waals surface area contributed by atoms with Crippen LogP contribution in [0.25, 0.3) is 0 Å². The average molecular weight is 289 g/mol. The van der Waals surface area contributed by atoms with Crippen LogP contribution in [0.4, 0.5) is 0 Å². The van der Waals surface area contributed by atoms with E-state index in [-0.39, 0.29) is 0 Å². The topological polar surface area (TPSA) is 50.7 Å². The highest BCUT2D eigenvalue weighted by atomic mass is 16.5. The highest BCUT2D eigenvalue weighted by molar-refractivity contribution is 5.64. The zero-order valence-electron chi connectivity index (χ0n) is 12.4. The van der Waals surface area contributed by atoms with Gasteiger partial charge in [-0.15, -0.1) is 0 Å². The Labute approximate surface area is 125 Å². The van der Waals surface area contributed by atoms with Crippen molar-refractivity contribution in [3.05, 3.63) is 16.7 Å². The number of benzene rings is 1. The molecule has 3 aliphatic rings. The van der Waals surface area contributed by atoms with E-state index in [0.717, 1.165) is 75.3 Å². The molecule has 0 aliphatic carbocycles. The summed E-state index contributed by atoms with van der Waals surface area (Å²) in [4.78, 5) is 0. The van der Waals surface area contributed by atoms with Gasteiger partial charge in [0.1, 0.15) is 5.75 Å². The van der Waals surface area contributed by atoms with Gasteiger partial charge in [0, 0.05) is 16.7 Å². The van der Waals surface area contributed by atoms with Gasteiger partial charge in [-0.05, 0) is 57.5 Å². The van der Waals surface area contributed by atoms with Crippen LogP contribution in [0, 0.1) is 0 Å². The standard InChI is InChI=1S/C17H23NO3/c19-15-13-4-2-9-20-16(13)14(11-5-7-18-8-6-11)12-3-1-10-21-17(12)15/h11,18-19H,1-10H2. The number of aromatic hydroxyl groups is 1. The number of piperidine rings is 1. The molecular formula is C17H23NO3. The van der Waals surface area contributed by atoms with Crippen LogP contribution in [-0.4, -0.2) is 31.4 Å². The number of ether oxygens (including phenoxy) is 2. The second-order valence-electron chi connectivity index (χ2n) is 6.31. The third-order valence-corrected chi connectivity index (χ3v) is 5.00. The third kappa shape index (κ3) is 2.16. The predicted octanol–water partition coefficient (Wildman–Crippen LogP) is 2.51. The van der Waals surface area contributed by atoms with Crippen LogP contribution in [-0.2, 0) is 12.8 Å². The van der Waals surface area contributed by atoms with Gasteiger partial charge < -0.3 is 19.9 Å². The van der Waals surface area contributed by atoms with Crippen molar-refractivity contribution < 1.29 is 14.6 Å². The number of nitrogens with one attached hydrogen (secondary N) is 1. The first-order chi connectivity index (χ1) is 10.4. The Morgan fingerprint density at radius 2 is 1.57 bits per heavy atom. The molecule has 1 fully saturated rings. The molecule has 21 heavy (non-hydrogen) atoms. The molecule has 0 spiro atoms. The largest absolute Gasteiger partial charge is 0.504 e. The van der Waals surface area contributed by atoms with Gasteiger partial charge in [-0.2, -0.15) is 0 Å². The Balaban J connectivity index is 1.89. The van der Waals surface area contributed by atoms with Crippen LogP contribution in [0.3, 0.4) is 0 Å². The van der Waals surface area contributed by atoms with E-state index < -0.39 is 0 Å². The second kappa shape index (κ2) is 5.41. The van der Waals surface area contributed by atoms with Crippen molar-refractivity contribution in [2.45, 2.75) is 44.4 Å². The zero-order chi connectivity index (χ0) is 14.2. The molecule has 0 unspecified atom stereocenters. The van der Waals surface area contributed by atoms with Gasteiger partial charge in [0.05, 0.1) is 13.2 Å². The molecule has 0 amide bonds. The van der Waals surface area contributed by atoms with Gasteiger partial charge in [-0.25, -0.2) is 0 Å². The smallest absolute Gasteiger partial charge is 0.164 e. The first-order valence-corrected chi connectivity index (χ1v) is 8.23. The summed E-state index contributed by atoms with van der Waals surface area (Å²) in [5.41, 5.74) is 3.54. The molecule has 0 saturated carbocycles. The van der Waals surface area contributed by atoms with Crippen LogP contribution in [0.2, 0.25) is 0 Å². The summed E-state index contributed by atoms with van der Waals surface area (Å²) in [5.74, 6) is 2.61. The summed E-state index contributed by atoms with van der Waals surface area (Å²) in [6, 6.07) is 0. The molecule has 1 aromatic rings. The van der Waals surface area contributed by atoms with Crippen LogP contribution >= 0.6 is 0 Å².